The molecule has 0 saturated carbocycles. The van der Waals surface area contributed by atoms with Crippen LogP contribution in [0.15, 0.2) is 18.2 Å². The van der Waals surface area contributed by atoms with Crippen LogP contribution in [0.25, 0.3) is 16.8 Å². The number of rotatable bonds is 4. The van der Waals surface area contributed by atoms with Gasteiger partial charge in [0.05, 0.1) is 36.2 Å². The van der Waals surface area contributed by atoms with Gasteiger partial charge in [-0.25, -0.2) is 9.50 Å². The molecule has 0 atom stereocenters. The minimum Gasteiger partial charge on any atom is -0.469 e. The van der Waals surface area contributed by atoms with Crippen molar-refractivity contribution in [3.63, 3.8) is 0 Å². The second kappa shape index (κ2) is 5.13. The summed E-state index contributed by atoms with van der Waals surface area (Å²) < 4.78 is 6.28. The zero-order valence-corrected chi connectivity index (χ0v) is 11.3. The van der Waals surface area contributed by atoms with Crippen LogP contribution in [0.2, 0.25) is 0 Å². The highest BCUT2D eigenvalue weighted by Crippen LogP contribution is 2.17. The van der Waals surface area contributed by atoms with Gasteiger partial charge in [0.15, 0.2) is 0 Å². The normalized spacial score (nSPS) is 10.7. The number of methoxy groups -OCH3 is 1. The maximum atomic E-state index is 11.0. The number of nitrogens with one attached hydrogen (secondary N) is 2. The first-order valence-electron chi connectivity index (χ1n) is 6.30. The van der Waals surface area contributed by atoms with Crippen LogP contribution in [0.3, 0.4) is 0 Å². The molecule has 2 N–H and O–H groups in total. The molecule has 1 aromatic carbocycles. The van der Waals surface area contributed by atoms with Crippen LogP contribution in [0, 0.1) is 11.3 Å². The molecule has 0 amide bonds. The Labute approximate surface area is 119 Å². The fraction of sp³-hybridized carbons (Fsp3) is 0.231. The van der Waals surface area contributed by atoms with Gasteiger partial charge in [-0.1, -0.05) is 0 Å². The number of carbonyl (C=O) groups excluding carboxylic acids is 1. The van der Waals surface area contributed by atoms with Gasteiger partial charge >= 0.3 is 5.97 Å². The van der Waals surface area contributed by atoms with Crippen LogP contribution in [0.5, 0.6) is 0 Å². The Balaban J connectivity index is 1.84. The molecule has 2 aromatic heterocycles. The zero-order chi connectivity index (χ0) is 14.8. The van der Waals surface area contributed by atoms with Gasteiger partial charge in [0.25, 0.3) is 5.78 Å². The van der Waals surface area contributed by atoms with Crippen LogP contribution >= 0.6 is 0 Å². The van der Waals surface area contributed by atoms with Crippen molar-refractivity contribution < 1.29 is 9.53 Å². The molecular weight excluding hydrogens is 272 g/mol. The molecule has 0 aliphatic heterocycles. The van der Waals surface area contributed by atoms with E-state index in [0.29, 0.717) is 29.4 Å². The third kappa shape index (κ3) is 2.36. The second-order valence-electron chi connectivity index (χ2n) is 4.39. The first-order chi connectivity index (χ1) is 10.2. The lowest BCUT2D eigenvalue weighted by molar-refractivity contribution is -0.140. The number of benzene rings is 1. The SMILES string of the molecule is COC(=O)CCNc1nc2nc3cc(C#N)ccc3n2[nH]1. The van der Waals surface area contributed by atoms with Crippen molar-refractivity contribution in [1.29, 1.82) is 5.26 Å². The molecule has 0 unspecified atom stereocenters. The molecular formula is C13H12N6O2. The van der Waals surface area contributed by atoms with Crippen molar-refractivity contribution in [2.24, 2.45) is 0 Å². The van der Waals surface area contributed by atoms with E-state index >= 15 is 0 Å². The molecule has 0 fully saturated rings. The fourth-order valence-corrected chi connectivity index (χ4v) is 2.02. The molecule has 3 aromatic rings. The molecule has 3 rings (SSSR count). The van der Waals surface area contributed by atoms with Crippen molar-refractivity contribution in [3.05, 3.63) is 23.8 Å². The second-order valence-corrected chi connectivity index (χ2v) is 4.39. The molecule has 0 bridgehead atoms. The van der Waals surface area contributed by atoms with E-state index in [4.69, 9.17) is 5.26 Å². The van der Waals surface area contributed by atoms with Crippen LogP contribution in [-0.4, -0.2) is 39.2 Å². The van der Waals surface area contributed by atoms with Gasteiger partial charge < -0.3 is 10.1 Å². The number of carbonyl (C=O) groups is 1. The molecule has 8 nitrogen and oxygen atoms in total. The Kier molecular flexibility index (Phi) is 3.16. The summed E-state index contributed by atoms with van der Waals surface area (Å²) in [4.78, 5) is 19.6. The molecule has 106 valence electrons. The Bertz CT molecular complexity index is 857. The molecule has 0 spiro atoms. The predicted molar refractivity (Wildman–Crippen MR) is 74.7 cm³/mol. The summed E-state index contributed by atoms with van der Waals surface area (Å²) in [5.41, 5.74) is 2.09. The van der Waals surface area contributed by atoms with Crippen molar-refractivity contribution in [2.45, 2.75) is 6.42 Å². The minimum absolute atomic E-state index is 0.256. The first-order valence-corrected chi connectivity index (χ1v) is 6.30. The van der Waals surface area contributed by atoms with Crippen molar-refractivity contribution in [2.75, 3.05) is 19.0 Å². The van der Waals surface area contributed by atoms with E-state index in [1.165, 1.54) is 7.11 Å². The largest absolute Gasteiger partial charge is 0.469 e. The number of fused-ring (bicyclic) bond motifs is 3. The quantitative estimate of drug-likeness (QED) is 0.693. The molecule has 2 heterocycles. The maximum absolute atomic E-state index is 11.0. The van der Waals surface area contributed by atoms with E-state index in [1.54, 1.807) is 16.6 Å². The summed E-state index contributed by atoms with van der Waals surface area (Å²) >= 11 is 0. The monoisotopic (exact) mass is 284 g/mol. The molecule has 0 saturated heterocycles. The highest BCUT2D eigenvalue weighted by molar-refractivity contribution is 5.80. The number of aromatic nitrogens is 4. The number of imidazole rings is 1. The van der Waals surface area contributed by atoms with E-state index in [-0.39, 0.29) is 12.4 Å². The third-order valence-corrected chi connectivity index (χ3v) is 3.04. The fourth-order valence-electron chi connectivity index (χ4n) is 2.02. The minimum atomic E-state index is -0.284. The molecule has 0 radical (unpaired) electrons. The molecule has 21 heavy (non-hydrogen) atoms. The number of anilines is 1. The Morgan fingerprint density at radius 1 is 1.52 bits per heavy atom. The lowest BCUT2D eigenvalue weighted by Crippen LogP contribution is -2.10. The van der Waals surface area contributed by atoms with E-state index < -0.39 is 0 Å². The van der Waals surface area contributed by atoms with Crippen LogP contribution in [0.1, 0.15) is 12.0 Å². The Hall–Kier alpha value is -3.08. The summed E-state index contributed by atoms with van der Waals surface area (Å²) in [6.07, 6.45) is 0.256. The lowest BCUT2D eigenvalue weighted by Gasteiger charge is -2.00. The van der Waals surface area contributed by atoms with Gasteiger partial charge in [0.1, 0.15) is 0 Å². The van der Waals surface area contributed by atoms with Crippen LogP contribution in [-0.2, 0) is 9.53 Å². The number of hydrogen-bond acceptors (Lipinski definition) is 6. The first kappa shape index (κ1) is 12.9. The maximum Gasteiger partial charge on any atom is 0.307 e. The van der Waals surface area contributed by atoms with Gasteiger partial charge in [0.2, 0.25) is 5.95 Å². The van der Waals surface area contributed by atoms with Crippen molar-refractivity contribution in [3.8, 4) is 6.07 Å². The molecule has 0 aliphatic carbocycles. The van der Waals surface area contributed by atoms with Gasteiger partial charge in [-0.05, 0) is 18.2 Å². The third-order valence-electron chi connectivity index (χ3n) is 3.04. The van der Waals surface area contributed by atoms with E-state index in [9.17, 15) is 4.79 Å². The summed E-state index contributed by atoms with van der Waals surface area (Å²) in [5, 5.41) is 14.9. The standard InChI is InChI=1S/C13H12N6O2/c1-21-11(20)4-5-15-12-17-13-16-9-6-8(7-14)2-3-10(9)19(13)18-12/h2-3,6H,4-5H2,1H3,(H2,15,16,17,18). The highest BCUT2D eigenvalue weighted by atomic mass is 16.5. The van der Waals surface area contributed by atoms with Gasteiger partial charge in [0, 0.05) is 6.54 Å². The number of nitriles is 1. The Morgan fingerprint density at radius 3 is 3.14 bits per heavy atom. The number of esters is 1. The summed E-state index contributed by atoms with van der Waals surface area (Å²) in [7, 11) is 1.35. The molecule has 0 aliphatic rings. The van der Waals surface area contributed by atoms with Gasteiger partial charge in [-0.15, -0.1) is 0 Å². The topological polar surface area (TPSA) is 108 Å². The highest BCUT2D eigenvalue weighted by Gasteiger charge is 2.10. The lowest BCUT2D eigenvalue weighted by atomic mass is 10.2. The summed E-state index contributed by atoms with van der Waals surface area (Å²) in [6, 6.07) is 7.32. The predicted octanol–water partition coefficient (Wildman–Crippen LogP) is 1.06. The number of hydrogen-bond donors (Lipinski definition) is 2. The van der Waals surface area contributed by atoms with Crippen molar-refractivity contribution in [1.82, 2.24) is 19.6 Å². The van der Waals surface area contributed by atoms with Gasteiger partial charge in [-0.3, -0.25) is 9.89 Å². The number of nitrogens with zero attached hydrogens (tertiary/aromatic N) is 4. The smallest absolute Gasteiger partial charge is 0.307 e. The number of ether oxygens (including phenoxy) is 1. The zero-order valence-electron chi connectivity index (χ0n) is 11.3. The van der Waals surface area contributed by atoms with Crippen molar-refractivity contribution >= 4 is 28.7 Å². The number of aromatic amines is 1. The average molecular weight is 284 g/mol. The van der Waals surface area contributed by atoms with Gasteiger partial charge in [-0.2, -0.15) is 10.2 Å². The van der Waals surface area contributed by atoms with Crippen LogP contribution < -0.4 is 5.32 Å². The number of H-pyrrole nitrogens is 1. The molecule has 8 heteroatoms. The average Bonchev–Trinajstić information content (AvgIpc) is 3.03. The summed E-state index contributed by atoms with van der Waals surface area (Å²) in [5.74, 6) is 0.738. The van der Waals surface area contributed by atoms with E-state index in [0.717, 1.165) is 5.52 Å². The summed E-state index contributed by atoms with van der Waals surface area (Å²) in [6.45, 7) is 0.417. The van der Waals surface area contributed by atoms with Crippen LogP contribution in [0.4, 0.5) is 5.95 Å². The van der Waals surface area contributed by atoms with E-state index in [1.807, 2.05) is 6.07 Å². The van der Waals surface area contributed by atoms with E-state index in [2.05, 4.69) is 31.2 Å². The Morgan fingerprint density at radius 2 is 2.38 bits per heavy atom.